The lowest BCUT2D eigenvalue weighted by Gasteiger charge is -2.15. The third-order valence-corrected chi connectivity index (χ3v) is 2.36. The van der Waals surface area contributed by atoms with Crippen molar-refractivity contribution in [1.82, 2.24) is 20.8 Å². The lowest BCUT2D eigenvalue weighted by atomic mass is 10.2. The van der Waals surface area contributed by atoms with E-state index in [0.717, 1.165) is 11.3 Å². The summed E-state index contributed by atoms with van der Waals surface area (Å²) in [5.74, 6) is 0.0242. The topological polar surface area (TPSA) is 69.8 Å². The Kier molecular flexibility index (Phi) is 4.49. The summed E-state index contributed by atoms with van der Waals surface area (Å²) in [6.45, 7) is 8.36. The van der Waals surface area contributed by atoms with Crippen LogP contribution in [0.1, 0.15) is 32.0 Å². The zero-order valence-electron chi connectivity index (χ0n) is 10.3. The Morgan fingerprint density at radius 3 is 2.69 bits per heavy atom. The van der Waals surface area contributed by atoms with E-state index in [1.807, 2.05) is 27.7 Å². The van der Waals surface area contributed by atoms with Gasteiger partial charge in [0.05, 0.1) is 12.2 Å². The highest BCUT2D eigenvalue weighted by Crippen LogP contribution is 2.01. The molecule has 0 aliphatic heterocycles. The number of aromatic nitrogens is 2. The number of rotatable bonds is 5. The van der Waals surface area contributed by atoms with Crippen LogP contribution in [-0.2, 0) is 11.3 Å². The van der Waals surface area contributed by atoms with Crippen LogP contribution in [0.3, 0.4) is 0 Å². The van der Waals surface area contributed by atoms with Gasteiger partial charge in [-0.2, -0.15) is 5.10 Å². The van der Waals surface area contributed by atoms with Gasteiger partial charge in [0.2, 0.25) is 5.91 Å². The van der Waals surface area contributed by atoms with Gasteiger partial charge < -0.3 is 10.6 Å². The van der Waals surface area contributed by atoms with E-state index in [0.29, 0.717) is 6.54 Å². The summed E-state index contributed by atoms with van der Waals surface area (Å²) in [5, 5.41) is 12.8. The molecule has 0 saturated carbocycles. The minimum Gasteiger partial charge on any atom is -0.353 e. The predicted molar refractivity (Wildman–Crippen MR) is 62.9 cm³/mol. The highest BCUT2D eigenvalue weighted by Gasteiger charge is 2.13. The smallest absolute Gasteiger partial charge is 0.237 e. The molecule has 3 N–H and O–H groups in total. The predicted octanol–water partition coefficient (Wildman–Crippen LogP) is 0.721. The van der Waals surface area contributed by atoms with Gasteiger partial charge in [0, 0.05) is 23.8 Å². The number of hydrogen-bond donors (Lipinski definition) is 3. The number of nitrogens with one attached hydrogen (secondary N) is 3. The van der Waals surface area contributed by atoms with E-state index >= 15 is 0 Å². The largest absolute Gasteiger partial charge is 0.353 e. The van der Waals surface area contributed by atoms with E-state index in [4.69, 9.17) is 0 Å². The van der Waals surface area contributed by atoms with Gasteiger partial charge >= 0.3 is 0 Å². The fraction of sp³-hybridized carbons (Fsp3) is 0.636. The van der Waals surface area contributed by atoms with E-state index in [1.54, 1.807) is 6.20 Å². The summed E-state index contributed by atoms with van der Waals surface area (Å²) >= 11 is 0. The maximum absolute atomic E-state index is 11.6. The molecule has 0 saturated heterocycles. The molecular formula is C11H20N4O. The minimum atomic E-state index is -0.198. The standard InChI is InChI=1S/C11H20N4O/c1-7(2)14-11(16)9(4)12-5-10-6-13-15-8(10)3/h6-7,9,12H,5H2,1-4H3,(H,13,15)(H,14,16). The molecule has 90 valence electrons. The first-order chi connectivity index (χ1) is 7.50. The molecule has 16 heavy (non-hydrogen) atoms. The van der Waals surface area contributed by atoms with Crippen LogP contribution in [0.4, 0.5) is 0 Å². The number of carbonyl (C=O) groups excluding carboxylic acids is 1. The van der Waals surface area contributed by atoms with E-state index < -0.39 is 0 Å². The average molecular weight is 224 g/mol. The second-order valence-electron chi connectivity index (χ2n) is 4.29. The fourth-order valence-electron chi connectivity index (χ4n) is 1.32. The molecule has 5 nitrogen and oxygen atoms in total. The number of nitrogens with zero attached hydrogens (tertiary/aromatic N) is 1. The van der Waals surface area contributed by atoms with Crippen LogP contribution in [0.5, 0.6) is 0 Å². The van der Waals surface area contributed by atoms with E-state index in [1.165, 1.54) is 0 Å². The van der Waals surface area contributed by atoms with Crippen molar-refractivity contribution in [1.29, 1.82) is 0 Å². The summed E-state index contributed by atoms with van der Waals surface area (Å²) in [6.07, 6.45) is 1.77. The van der Waals surface area contributed by atoms with Crippen LogP contribution in [-0.4, -0.2) is 28.2 Å². The molecule has 1 amide bonds. The van der Waals surface area contributed by atoms with Crippen molar-refractivity contribution in [2.75, 3.05) is 0 Å². The zero-order chi connectivity index (χ0) is 12.1. The first kappa shape index (κ1) is 12.7. The highest BCUT2D eigenvalue weighted by atomic mass is 16.2. The number of carbonyl (C=O) groups is 1. The molecule has 1 rings (SSSR count). The summed E-state index contributed by atoms with van der Waals surface area (Å²) in [5.41, 5.74) is 2.12. The first-order valence-electron chi connectivity index (χ1n) is 5.53. The van der Waals surface area contributed by atoms with E-state index in [9.17, 15) is 4.79 Å². The van der Waals surface area contributed by atoms with Crippen molar-refractivity contribution >= 4 is 5.91 Å². The maximum atomic E-state index is 11.6. The molecule has 0 spiro atoms. The normalized spacial score (nSPS) is 12.8. The first-order valence-corrected chi connectivity index (χ1v) is 5.53. The van der Waals surface area contributed by atoms with Crippen molar-refractivity contribution in [3.63, 3.8) is 0 Å². The number of amides is 1. The Morgan fingerprint density at radius 2 is 2.19 bits per heavy atom. The van der Waals surface area contributed by atoms with Crippen molar-refractivity contribution in [2.24, 2.45) is 0 Å². The van der Waals surface area contributed by atoms with Crippen LogP contribution in [0.15, 0.2) is 6.20 Å². The Hall–Kier alpha value is -1.36. The Bertz CT molecular complexity index is 346. The quantitative estimate of drug-likeness (QED) is 0.690. The Labute approximate surface area is 96.0 Å². The molecule has 1 unspecified atom stereocenters. The summed E-state index contributed by atoms with van der Waals surface area (Å²) in [4.78, 5) is 11.6. The van der Waals surface area contributed by atoms with Crippen LogP contribution in [0.25, 0.3) is 0 Å². The van der Waals surface area contributed by atoms with Gasteiger partial charge in [-0.1, -0.05) is 0 Å². The molecule has 0 aromatic carbocycles. The molecule has 0 radical (unpaired) electrons. The lowest BCUT2D eigenvalue weighted by molar-refractivity contribution is -0.123. The number of H-pyrrole nitrogens is 1. The van der Waals surface area contributed by atoms with E-state index in [-0.39, 0.29) is 18.0 Å². The van der Waals surface area contributed by atoms with Gasteiger partial charge in [-0.25, -0.2) is 0 Å². The van der Waals surface area contributed by atoms with Gasteiger partial charge in [0.1, 0.15) is 0 Å². The van der Waals surface area contributed by atoms with Crippen LogP contribution >= 0.6 is 0 Å². The Morgan fingerprint density at radius 1 is 1.50 bits per heavy atom. The lowest BCUT2D eigenvalue weighted by Crippen LogP contribution is -2.44. The average Bonchev–Trinajstić information content (AvgIpc) is 2.59. The molecule has 0 bridgehead atoms. The monoisotopic (exact) mass is 224 g/mol. The highest BCUT2D eigenvalue weighted by molar-refractivity contribution is 5.81. The third-order valence-electron chi connectivity index (χ3n) is 2.36. The van der Waals surface area contributed by atoms with Crippen LogP contribution < -0.4 is 10.6 Å². The second-order valence-corrected chi connectivity index (χ2v) is 4.29. The summed E-state index contributed by atoms with van der Waals surface area (Å²) < 4.78 is 0. The fourth-order valence-corrected chi connectivity index (χ4v) is 1.32. The molecule has 0 fully saturated rings. The minimum absolute atomic E-state index is 0.0242. The second kappa shape index (κ2) is 5.65. The molecule has 0 aliphatic carbocycles. The van der Waals surface area contributed by atoms with Crippen molar-refractivity contribution in [3.8, 4) is 0 Å². The molecule has 1 aromatic rings. The van der Waals surface area contributed by atoms with Gasteiger partial charge in [-0.15, -0.1) is 0 Å². The van der Waals surface area contributed by atoms with E-state index in [2.05, 4.69) is 20.8 Å². The summed E-state index contributed by atoms with van der Waals surface area (Å²) in [7, 11) is 0. The number of aryl methyl sites for hydroxylation is 1. The van der Waals surface area contributed by atoms with Crippen molar-refractivity contribution in [3.05, 3.63) is 17.5 Å². The van der Waals surface area contributed by atoms with Crippen molar-refractivity contribution in [2.45, 2.75) is 46.3 Å². The van der Waals surface area contributed by atoms with Crippen LogP contribution in [0.2, 0.25) is 0 Å². The zero-order valence-corrected chi connectivity index (χ0v) is 10.3. The molecule has 0 aliphatic rings. The Balaban J connectivity index is 2.38. The SMILES string of the molecule is Cc1[nH]ncc1CNC(C)C(=O)NC(C)C. The molecule has 5 heteroatoms. The van der Waals surface area contributed by atoms with Crippen LogP contribution in [0, 0.1) is 6.92 Å². The number of hydrogen-bond acceptors (Lipinski definition) is 3. The molecule has 1 atom stereocenters. The number of aromatic amines is 1. The maximum Gasteiger partial charge on any atom is 0.237 e. The third kappa shape index (κ3) is 3.66. The molecule has 1 aromatic heterocycles. The molecule has 1 heterocycles. The van der Waals surface area contributed by atoms with Crippen molar-refractivity contribution < 1.29 is 4.79 Å². The summed E-state index contributed by atoms with van der Waals surface area (Å²) in [6, 6.07) is -0.0240. The van der Waals surface area contributed by atoms with Gasteiger partial charge in [0.15, 0.2) is 0 Å². The van der Waals surface area contributed by atoms with Gasteiger partial charge in [-0.05, 0) is 27.7 Å². The molecular weight excluding hydrogens is 204 g/mol. The van der Waals surface area contributed by atoms with Gasteiger partial charge in [0.25, 0.3) is 0 Å². The van der Waals surface area contributed by atoms with Gasteiger partial charge in [-0.3, -0.25) is 9.89 Å².